The smallest absolute Gasteiger partial charge is 0.0776 e. The second-order valence-electron chi connectivity index (χ2n) is 6.42. The maximum absolute atomic E-state index is 6.62. The van der Waals surface area contributed by atoms with Crippen molar-refractivity contribution in [1.29, 1.82) is 0 Å². The number of hydrogen-bond acceptors (Lipinski definition) is 3. The van der Waals surface area contributed by atoms with Crippen LogP contribution in [0.25, 0.3) is 0 Å². The fraction of sp³-hybridized carbons (Fsp3) is 1.00. The Morgan fingerprint density at radius 1 is 1.16 bits per heavy atom. The average molecular weight is 287 g/mol. The second kappa shape index (κ2) is 6.36. The van der Waals surface area contributed by atoms with Gasteiger partial charge in [-0.05, 0) is 43.4 Å². The van der Waals surface area contributed by atoms with Gasteiger partial charge in [-0.1, -0.05) is 40.5 Å². The van der Waals surface area contributed by atoms with E-state index in [0.717, 1.165) is 12.3 Å². The van der Waals surface area contributed by atoms with E-state index < -0.39 is 4.87 Å². The van der Waals surface area contributed by atoms with Gasteiger partial charge in [0.05, 0.1) is 4.87 Å². The maximum atomic E-state index is 6.62. The third-order valence-corrected chi connectivity index (χ3v) is 7.00. The highest BCUT2D eigenvalue weighted by Gasteiger charge is 2.60. The molecule has 3 heteroatoms. The Hall–Kier alpha value is 0.270. The second-order valence-corrected chi connectivity index (χ2v) is 7.22. The van der Waals surface area contributed by atoms with Gasteiger partial charge in [-0.2, -0.15) is 12.6 Å². The maximum Gasteiger partial charge on any atom is 0.0776 e. The van der Waals surface area contributed by atoms with Crippen LogP contribution in [-0.2, 0) is 0 Å². The van der Waals surface area contributed by atoms with E-state index in [0.29, 0.717) is 12.0 Å². The molecule has 2 nitrogen and oxygen atoms in total. The molecule has 0 radical (unpaired) electrons. The molecule has 0 aliphatic heterocycles. The first kappa shape index (κ1) is 17.3. The molecule has 0 aromatic heterocycles. The van der Waals surface area contributed by atoms with Crippen molar-refractivity contribution in [2.75, 3.05) is 6.54 Å². The van der Waals surface area contributed by atoms with Crippen LogP contribution >= 0.6 is 12.6 Å². The Morgan fingerprint density at radius 3 is 2.11 bits per heavy atom. The van der Waals surface area contributed by atoms with Crippen LogP contribution in [0.4, 0.5) is 0 Å². The van der Waals surface area contributed by atoms with E-state index in [1.54, 1.807) is 0 Å². The van der Waals surface area contributed by atoms with E-state index in [9.17, 15) is 0 Å². The van der Waals surface area contributed by atoms with Crippen LogP contribution in [0, 0.1) is 16.7 Å². The predicted octanol–water partition coefficient (Wildman–Crippen LogP) is 3.94. The predicted molar refractivity (Wildman–Crippen MR) is 88.3 cm³/mol. The van der Waals surface area contributed by atoms with Crippen molar-refractivity contribution in [2.24, 2.45) is 28.2 Å². The largest absolute Gasteiger partial charge is 0.328 e. The third-order valence-electron chi connectivity index (χ3n) is 6.39. The highest BCUT2D eigenvalue weighted by atomic mass is 32.1. The normalized spacial score (nSPS) is 33.9. The minimum absolute atomic E-state index is 0.0697. The van der Waals surface area contributed by atoms with E-state index in [4.69, 9.17) is 24.1 Å². The highest BCUT2D eigenvalue weighted by molar-refractivity contribution is 7.81. The molecule has 0 bridgehead atoms. The van der Waals surface area contributed by atoms with Crippen LogP contribution in [0.1, 0.15) is 72.6 Å². The minimum atomic E-state index is -0.554. The van der Waals surface area contributed by atoms with Crippen LogP contribution in [0.15, 0.2) is 0 Å². The summed E-state index contributed by atoms with van der Waals surface area (Å²) in [5.41, 5.74) is 13.0. The van der Waals surface area contributed by atoms with Gasteiger partial charge < -0.3 is 11.5 Å². The van der Waals surface area contributed by atoms with Gasteiger partial charge in [0, 0.05) is 12.0 Å². The molecule has 1 saturated carbocycles. The Morgan fingerprint density at radius 2 is 1.74 bits per heavy atom. The lowest BCUT2D eigenvalue weighted by molar-refractivity contribution is -0.101. The molecule has 0 amide bonds. The molecule has 3 atom stereocenters. The van der Waals surface area contributed by atoms with Crippen molar-refractivity contribution in [3.8, 4) is 0 Å². The molecule has 0 aromatic rings. The van der Waals surface area contributed by atoms with Crippen molar-refractivity contribution < 1.29 is 0 Å². The van der Waals surface area contributed by atoms with Crippen molar-refractivity contribution in [3.05, 3.63) is 0 Å². The fourth-order valence-electron chi connectivity index (χ4n) is 5.34. The quantitative estimate of drug-likeness (QED) is 0.511. The zero-order valence-electron chi connectivity index (χ0n) is 13.3. The molecule has 0 heterocycles. The lowest BCUT2D eigenvalue weighted by Crippen LogP contribution is -2.66. The van der Waals surface area contributed by atoms with Crippen molar-refractivity contribution in [2.45, 2.75) is 77.5 Å². The summed E-state index contributed by atoms with van der Waals surface area (Å²) in [6.07, 6.45) is 8.51. The number of hydrogen-bond donors (Lipinski definition) is 3. The summed E-state index contributed by atoms with van der Waals surface area (Å²) < 4.78 is 0. The highest BCUT2D eigenvalue weighted by Crippen LogP contribution is 2.64. The van der Waals surface area contributed by atoms with Crippen LogP contribution in [-0.4, -0.2) is 11.4 Å². The average Bonchev–Trinajstić information content (AvgIpc) is 2.45. The zero-order valence-corrected chi connectivity index (χ0v) is 14.2. The molecule has 19 heavy (non-hydrogen) atoms. The fourth-order valence-corrected chi connectivity index (χ4v) is 5.84. The van der Waals surface area contributed by atoms with Gasteiger partial charge >= 0.3 is 0 Å². The Kier molecular flexibility index (Phi) is 5.80. The molecule has 0 aromatic carbocycles. The first-order chi connectivity index (χ1) is 8.91. The molecule has 0 spiro atoms. The van der Waals surface area contributed by atoms with Crippen LogP contribution in [0.2, 0.25) is 0 Å². The summed E-state index contributed by atoms with van der Waals surface area (Å²) in [5, 5.41) is 0. The molecule has 0 saturated heterocycles. The first-order valence-corrected chi connectivity index (χ1v) is 8.57. The Labute approximate surface area is 125 Å². The molecule has 1 aliphatic carbocycles. The standard InChI is InChI=1S/C16H34N2S/c1-5-13-10-9-11-15(8-4,16(18,19)12-17)14(13,6-2)7-3/h13,19H,5-12,17-18H2,1-4H3. The molecule has 4 N–H and O–H groups in total. The summed E-state index contributed by atoms with van der Waals surface area (Å²) in [6, 6.07) is 0. The van der Waals surface area contributed by atoms with E-state index >= 15 is 0 Å². The summed E-state index contributed by atoms with van der Waals surface area (Å²) >= 11 is 4.85. The number of thiol groups is 1. The summed E-state index contributed by atoms with van der Waals surface area (Å²) in [5.74, 6) is 0.762. The van der Waals surface area contributed by atoms with Gasteiger partial charge in [0.15, 0.2) is 0 Å². The van der Waals surface area contributed by atoms with E-state index in [1.807, 2.05) is 0 Å². The molecular formula is C16H34N2S. The molecule has 3 unspecified atom stereocenters. The Balaban J connectivity index is 3.40. The van der Waals surface area contributed by atoms with E-state index in [1.165, 1.54) is 38.5 Å². The van der Waals surface area contributed by atoms with Crippen LogP contribution in [0.3, 0.4) is 0 Å². The van der Waals surface area contributed by atoms with E-state index in [-0.39, 0.29) is 5.41 Å². The van der Waals surface area contributed by atoms with Gasteiger partial charge in [-0.25, -0.2) is 0 Å². The monoisotopic (exact) mass is 286 g/mol. The summed E-state index contributed by atoms with van der Waals surface area (Å²) in [6.45, 7) is 9.74. The lowest BCUT2D eigenvalue weighted by atomic mass is 9.45. The van der Waals surface area contributed by atoms with Gasteiger partial charge in [-0.3, -0.25) is 0 Å². The lowest BCUT2D eigenvalue weighted by Gasteiger charge is -2.63. The van der Waals surface area contributed by atoms with Crippen LogP contribution < -0.4 is 11.5 Å². The van der Waals surface area contributed by atoms with Crippen molar-refractivity contribution >= 4 is 12.6 Å². The molecule has 1 aliphatic rings. The van der Waals surface area contributed by atoms with Crippen molar-refractivity contribution in [3.63, 3.8) is 0 Å². The molecule has 114 valence electrons. The first-order valence-electron chi connectivity index (χ1n) is 8.12. The van der Waals surface area contributed by atoms with E-state index in [2.05, 4.69) is 27.7 Å². The third kappa shape index (κ3) is 2.36. The number of nitrogens with two attached hydrogens (primary N) is 2. The Bertz CT molecular complexity index is 286. The number of rotatable bonds is 6. The van der Waals surface area contributed by atoms with Gasteiger partial charge in [0.2, 0.25) is 0 Å². The molecule has 1 rings (SSSR count). The van der Waals surface area contributed by atoms with Gasteiger partial charge in [0.25, 0.3) is 0 Å². The van der Waals surface area contributed by atoms with Crippen molar-refractivity contribution in [1.82, 2.24) is 0 Å². The molecule has 1 fully saturated rings. The SMILES string of the molecule is CCC1CCCC(CC)(C(N)(S)CN)C1(CC)CC. The van der Waals surface area contributed by atoms with Gasteiger partial charge in [0.1, 0.15) is 0 Å². The zero-order chi connectivity index (χ0) is 14.7. The van der Waals surface area contributed by atoms with Crippen LogP contribution in [0.5, 0.6) is 0 Å². The topological polar surface area (TPSA) is 52.0 Å². The minimum Gasteiger partial charge on any atom is -0.328 e. The summed E-state index contributed by atoms with van der Waals surface area (Å²) in [7, 11) is 0. The van der Waals surface area contributed by atoms with Gasteiger partial charge in [-0.15, -0.1) is 0 Å². The summed E-state index contributed by atoms with van der Waals surface area (Å²) in [4.78, 5) is -0.554. The molecular weight excluding hydrogens is 252 g/mol.